The number of likely N-dealkylation sites (N-methyl/N-ethyl adjacent to an activating group) is 1. The molecule has 34 heavy (non-hydrogen) atoms. The molecule has 0 spiro atoms. The summed E-state index contributed by atoms with van der Waals surface area (Å²) in [4.78, 5) is 31.7. The predicted molar refractivity (Wildman–Crippen MR) is 134 cm³/mol. The third-order valence-electron chi connectivity index (χ3n) is 8.21. The number of amides is 2. The molecule has 5 rings (SSSR count). The standard InChI is InChI=1S/C28H35N3O3/c1-29(2)27(33)20-10-8-18(9-11-20)21-12-13-24-23(16-21)26-22(25(17-32)30(24)3)14-15-31(26)28(34)19-6-4-5-7-19/h8-13,16,19,22,25-26,32H,4-7,14-15,17H2,1-3H3/t22-,25-,26-/m1/s1. The van der Waals surface area contributed by atoms with Crippen LogP contribution >= 0.6 is 0 Å². The van der Waals surface area contributed by atoms with Crippen molar-refractivity contribution in [1.29, 1.82) is 0 Å². The first-order chi connectivity index (χ1) is 16.4. The minimum absolute atomic E-state index is 0.00555. The second kappa shape index (κ2) is 9.06. The molecule has 1 aliphatic carbocycles. The zero-order valence-corrected chi connectivity index (χ0v) is 20.4. The molecule has 1 N–H and O–H groups in total. The highest BCUT2D eigenvalue weighted by molar-refractivity contribution is 5.94. The summed E-state index contributed by atoms with van der Waals surface area (Å²) < 4.78 is 0. The van der Waals surface area contributed by atoms with Crippen LogP contribution < -0.4 is 4.90 Å². The van der Waals surface area contributed by atoms with Gasteiger partial charge in [0.05, 0.1) is 18.7 Å². The fourth-order valence-corrected chi connectivity index (χ4v) is 6.35. The molecule has 2 heterocycles. The highest BCUT2D eigenvalue weighted by Gasteiger charge is 2.48. The van der Waals surface area contributed by atoms with Gasteiger partial charge in [0, 0.05) is 50.8 Å². The van der Waals surface area contributed by atoms with Crippen LogP contribution in [0, 0.1) is 11.8 Å². The zero-order valence-electron chi connectivity index (χ0n) is 20.4. The Kier molecular flexibility index (Phi) is 6.11. The average molecular weight is 462 g/mol. The zero-order chi connectivity index (χ0) is 24.0. The number of carbonyl (C=O) groups is 2. The van der Waals surface area contributed by atoms with Crippen LogP contribution in [0.3, 0.4) is 0 Å². The molecule has 2 aromatic rings. The molecule has 3 aliphatic rings. The number of carbonyl (C=O) groups excluding carboxylic acids is 2. The number of nitrogens with zero attached hydrogens (tertiary/aromatic N) is 3. The molecule has 1 saturated carbocycles. The number of benzene rings is 2. The van der Waals surface area contributed by atoms with Crippen LogP contribution in [0.2, 0.25) is 0 Å². The molecule has 2 fully saturated rings. The molecule has 2 amide bonds. The van der Waals surface area contributed by atoms with Crippen molar-refractivity contribution in [3.05, 3.63) is 53.6 Å². The molecule has 0 unspecified atom stereocenters. The van der Waals surface area contributed by atoms with E-state index in [2.05, 4.69) is 35.0 Å². The lowest BCUT2D eigenvalue weighted by Crippen LogP contribution is -2.48. The number of aliphatic hydroxyl groups excluding tert-OH is 1. The summed E-state index contributed by atoms with van der Waals surface area (Å²) in [6.07, 6.45) is 5.21. The first-order valence-electron chi connectivity index (χ1n) is 12.5. The summed E-state index contributed by atoms with van der Waals surface area (Å²) in [6, 6.07) is 14.2. The van der Waals surface area contributed by atoms with Crippen molar-refractivity contribution < 1.29 is 14.7 Å². The summed E-state index contributed by atoms with van der Waals surface area (Å²) in [5.74, 6) is 0.667. The smallest absolute Gasteiger partial charge is 0.253 e. The van der Waals surface area contributed by atoms with Crippen LogP contribution in [0.4, 0.5) is 5.69 Å². The van der Waals surface area contributed by atoms with Gasteiger partial charge in [0.15, 0.2) is 0 Å². The first kappa shape index (κ1) is 22.9. The Bertz CT molecular complexity index is 1070. The van der Waals surface area contributed by atoms with Gasteiger partial charge in [0.1, 0.15) is 0 Å². The molecule has 6 heteroatoms. The molecule has 2 aliphatic heterocycles. The number of aliphatic hydroxyl groups is 1. The van der Waals surface area contributed by atoms with Gasteiger partial charge in [-0.15, -0.1) is 0 Å². The molecule has 6 nitrogen and oxygen atoms in total. The van der Waals surface area contributed by atoms with Gasteiger partial charge in [-0.25, -0.2) is 0 Å². The molecule has 1 saturated heterocycles. The SMILES string of the molecule is CN(C)C(=O)c1ccc(-c2ccc3c(c2)[C@H]2[C@H](CCN2C(=O)C2CCCC2)[C@@H](CO)N3C)cc1. The van der Waals surface area contributed by atoms with Crippen molar-refractivity contribution in [2.24, 2.45) is 11.8 Å². The van der Waals surface area contributed by atoms with E-state index in [0.717, 1.165) is 55.5 Å². The van der Waals surface area contributed by atoms with Crippen molar-refractivity contribution in [2.45, 2.75) is 44.2 Å². The van der Waals surface area contributed by atoms with Crippen LogP contribution in [0.5, 0.6) is 0 Å². The van der Waals surface area contributed by atoms with Gasteiger partial charge in [0.25, 0.3) is 5.91 Å². The largest absolute Gasteiger partial charge is 0.394 e. The maximum Gasteiger partial charge on any atom is 0.253 e. The topological polar surface area (TPSA) is 64.1 Å². The van der Waals surface area contributed by atoms with Crippen molar-refractivity contribution in [1.82, 2.24) is 9.80 Å². The van der Waals surface area contributed by atoms with E-state index in [0.29, 0.717) is 11.5 Å². The van der Waals surface area contributed by atoms with Crippen molar-refractivity contribution in [3.8, 4) is 11.1 Å². The summed E-state index contributed by atoms with van der Waals surface area (Å²) in [5, 5.41) is 10.2. The summed E-state index contributed by atoms with van der Waals surface area (Å²) in [5.41, 5.74) is 5.06. The van der Waals surface area contributed by atoms with E-state index in [4.69, 9.17) is 0 Å². The molecule has 0 radical (unpaired) electrons. The second-order valence-corrected chi connectivity index (χ2v) is 10.3. The van der Waals surface area contributed by atoms with Gasteiger partial charge in [-0.2, -0.15) is 0 Å². The Morgan fingerprint density at radius 3 is 2.32 bits per heavy atom. The Balaban J connectivity index is 1.52. The summed E-state index contributed by atoms with van der Waals surface area (Å²) in [6.45, 7) is 0.853. The number of anilines is 1. The molecule has 180 valence electrons. The lowest BCUT2D eigenvalue weighted by atomic mass is 9.81. The third-order valence-corrected chi connectivity index (χ3v) is 8.21. The van der Waals surface area contributed by atoms with E-state index >= 15 is 0 Å². The number of hydrogen-bond acceptors (Lipinski definition) is 4. The fourth-order valence-electron chi connectivity index (χ4n) is 6.35. The van der Waals surface area contributed by atoms with Crippen molar-refractivity contribution >= 4 is 17.5 Å². The quantitative estimate of drug-likeness (QED) is 0.749. The van der Waals surface area contributed by atoms with Crippen LogP contribution in [0.15, 0.2) is 42.5 Å². The highest BCUT2D eigenvalue weighted by atomic mass is 16.3. The molecule has 3 atom stereocenters. The van der Waals surface area contributed by atoms with Gasteiger partial charge < -0.3 is 19.8 Å². The van der Waals surface area contributed by atoms with Crippen molar-refractivity contribution in [2.75, 3.05) is 39.2 Å². The van der Waals surface area contributed by atoms with Gasteiger partial charge >= 0.3 is 0 Å². The maximum atomic E-state index is 13.5. The minimum atomic E-state index is -0.0106. The number of fused-ring (bicyclic) bond motifs is 3. The van der Waals surface area contributed by atoms with E-state index in [9.17, 15) is 14.7 Å². The Morgan fingerprint density at radius 1 is 1.00 bits per heavy atom. The van der Waals surface area contributed by atoms with E-state index < -0.39 is 0 Å². The number of likely N-dealkylation sites (tertiary alicyclic amines) is 1. The van der Waals surface area contributed by atoms with E-state index in [-0.39, 0.29) is 36.4 Å². The highest BCUT2D eigenvalue weighted by Crippen LogP contribution is 2.50. The van der Waals surface area contributed by atoms with E-state index in [1.54, 1.807) is 19.0 Å². The third kappa shape index (κ3) is 3.78. The van der Waals surface area contributed by atoms with Crippen LogP contribution in [0.25, 0.3) is 11.1 Å². The normalized spacial score (nSPS) is 24.2. The predicted octanol–water partition coefficient (Wildman–Crippen LogP) is 3.95. The minimum Gasteiger partial charge on any atom is -0.394 e. The summed E-state index contributed by atoms with van der Waals surface area (Å²) >= 11 is 0. The Hall–Kier alpha value is -2.86. The number of rotatable bonds is 4. The summed E-state index contributed by atoms with van der Waals surface area (Å²) in [7, 11) is 5.57. The van der Waals surface area contributed by atoms with Crippen LogP contribution in [-0.4, -0.2) is 67.1 Å². The van der Waals surface area contributed by atoms with E-state index in [1.807, 2.05) is 24.3 Å². The van der Waals surface area contributed by atoms with Gasteiger partial charge in [-0.1, -0.05) is 31.0 Å². The molecule has 0 bridgehead atoms. The Morgan fingerprint density at radius 2 is 1.68 bits per heavy atom. The Labute approximate surface area is 202 Å². The first-order valence-corrected chi connectivity index (χ1v) is 12.5. The molecular formula is C28H35N3O3. The van der Waals surface area contributed by atoms with Crippen molar-refractivity contribution in [3.63, 3.8) is 0 Å². The van der Waals surface area contributed by atoms with E-state index in [1.165, 1.54) is 5.56 Å². The van der Waals surface area contributed by atoms with Gasteiger partial charge in [-0.05, 0) is 60.2 Å². The maximum absolute atomic E-state index is 13.5. The molecule has 0 aromatic heterocycles. The van der Waals surface area contributed by atoms with Gasteiger partial charge in [0.2, 0.25) is 5.91 Å². The lowest BCUT2D eigenvalue weighted by Gasteiger charge is -2.45. The fraction of sp³-hybridized carbons (Fsp3) is 0.500. The average Bonchev–Trinajstić information content (AvgIpc) is 3.54. The monoisotopic (exact) mass is 461 g/mol. The van der Waals surface area contributed by atoms with Gasteiger partial charge in [-0.3, -0.25) is 9.59 Å². The van der Waals surface area contributed by atoms with Crippen LogP contribution in [0.1, 0.15) is 54.1 Å². The molecule has 2 aromatic carbocycles. The lowest BCUT2D eigenvalue weighted by molar-refractivity contribution is -0.136. The van der Waals surface area contributed by atoms with Crippen LogP contribution in [-0.2, 0) is 4.79 Å². The number of hydrogen-bond donors (Lipinski definition) is 1. The molecular weight excluding hydrogens is 426 g/mol. The second-order valence-electron chi connectivity index (χ2n) is 10.3.